The zero-order valence-electron chi connectivity index (χ0n) is 15.4. The normalized spacial score (nSPS) is 10.4. The molecule has 1 heterocycles. The van der Waals surface area contributed by atoms with E-state index in [4.69, 9.17) is 30.3 Å². The molecule has 0 atom stereocenters. The van der Waals surface area contributed by atoms with Crippen LogP contribution < -0.4 is 19.5 Å². The van der Waals surface area contributed by atoms with E-state index in [1.807, 2.05) is 24.3 Å². The number of aromatic nitrogens is 1. The number of hydrogen-bond donors (Lipinski definition) is 1. The van der Waals surface area contributed by atoms with E-state index >= 15 is 0 Å². The fourth-order valence-corrected chi connectivity index (χ4v) is 2.70. The first-order valence-electron chi connectivity index (χ1n) is 8.42. The van der Waals surface area contributed by atoms with Crippen LogP contribution in [0.3, 0.4) is 0 Å². The largest absolute Gasteiger partial charge is 0.497 e. The van der Waals surface area contributed by atoms with Crippen LogP contribution in [-0.2, 0) is 13.2 Å². The Morgan fingerprint density at radius 2 is 1.93 bits per heavy atom. The number of ether oxygens (including phenoxy) is 3. The Morgan fingerprint density at radius 3 is 2.68 bits per heavy atom. The van der Waals surface area contributed by atoms with E-state index in [0.717, 1.165) is 5.56 Å². The fraction of sp³-hybridized carbons (Fsp3) is 0.200. The predicted octanol–water partition coefficient (Wildman–Crippen LogP) is 3.85. The van der Waals surface area contributed by atoms with Crippen LogP contribution in [0.1, 0.15) is 21.8 Å². The van der Waals surface area contributed by atoms with Gasteiger partial charge < -0.3 is 24.1 Å². The summed E-state index contributed by atoms with van der Waals surface area (Å²) in [6.45, 7) is 0.391. The van der Waals surface area contributed by atoms with Crippen molar-refractivity contribution in [2.45, 2.75) is 13.2 Å². The lowest BCUT2D eigenvalue weighted by molar-refractivity contribution is 0.0941. The molecular weight excluding hydrogens is 384 g/mol. The average molecular weight is 403 g/mol. The molecule has 0 unspecified atom stereocenters. The van der Waals surface area contributed by atoms with Crippen LogP contribution in [0.2, 0.25) is 5.02 Å². The zero-order valence-corrected chi connectivity index (χ0v) is 16.2. The number of para-hydroxylation sites is 1. The average Bonchev–Trinajstić information content (AvgIpc) is 3.20. The molecule has 0 bridgehead atoms. The van der Waals surface area contributed by atoms with E-state index in [9.17, 15) is 4.79 Å². The summed E-state index contributed by atoms with van der Waals surface area (Å²) in [4.78, 5) is 12.3. The maximum absolute atomic E-state index is 12.3. The van der Waals surface area contributed by atoms with Crippen molar-refractivity contribution in [3.8, 4) is 17.2 Å². The van der Waals surface area contributed by atoms with Gasteiger partial charge in [0, 0.05) is 24.2 Å². The zero-order chi connectivity index (χ0) is 19.9. The van der Waals surface area contributed by atoms with Gasteiger partial charge in [0.05, 0.1) is 19.2 Å². The highest BCUT2D eigenvalue weighted by Gasteiger charge is 2.14. The molecule has 0 aliphatic carbocycles. The van der Waals surface area contributed by atoms with Gasteiger partial charge in [0.1, 0.15) is 23.9 Å². The molecule has 3 rings (SSSR count). The Labute approximate surface area is 167 Å². The maximum atomic E-state index is 12.3. The van der Waals surface area contributed by atoms with Gasteiger partial charge in [-0.25, -0.2) is 0 Å². The van der Waals surface area contributed by atoms with Crippen LogP contribution in [-0.4, -0.2) is 25.3 Å². The van der Waals surface area contributed by atoms with Crippen molar-refractivity contribution < 1.29 is 23.5 Å². The number of nitrogens with one attached hydrogen (secondary N) is 1. The van der Waals surface area contributed by atoms with E-state index < -0.39 is 0 Å². The van der Waals surface area contributed by atoms with E-state index in [-0.39, 0.29) is 18.2 Å². The molecule has 3 aromatic rings. The maximum Gasteiger partial charge on any atom is 0.273 e. The number of carbonyl (C=O) groups is 1. The van der Waals surface area contributed by atoms with Gasteiger partial charge in [0.25, 0.3) is 5.91 Å². The van der Waals surface area contributed by atoms with Crippen LogP contribution in [0, 0.1) is 0 Å². The second kappa shape index (κ2) is 9.14. The van der Waals surface area contributed by atoms with Crippen molar-refractivity contribution >= 4 is 17.5 Å². The Morgan fingerprint density at radius 1 is 1.11 bits per heavy atom. The van der Waals surface area contributed by atoms with E-state index in [0.29, 0.717) is 34.6 Å². The third-order valence-corrected chi connectivity index (χ3v) is 4.23. The first-order chi connectivity index (χ1) is 13.6. The van der Waals surface area contributed by atoms with Gasteiger partial charge in [-0.15, -0.1) is 0 Å². The van der Waals surface area contributed by atoms with E-state index in [1.165, 1.54) is 6.07 Å². The van der Waals surface area contributed by atoms with Gasteiger partial charge in [-0.2, -0.15) is 0 Å². The highest BCUT2D eigenvalue weighted by molar-refractivity contribution is 6.32. The number of rotatable bonds is 8. The second-order valence-electron chi connectivity index (χ2n) is 5.76. The van der Waals surface area contributed by atoms with E-state index in [1.54, 1.807) is 32.4 Å². The van der Waals surface area contributed by atoms with Crippen LogP contribution in [0.4, 0.5) is 0 Å². The molecule has 0 aliphatic heterocycles. The molecule has 1 aromatic heterocycles. The van der Waals surface area contributed by atoms with Crippen LogP contribution in [0.25, 0.3) is 0 Å². The minimum Gasteiger partial charge on any atom is -0.497 e. The van der Waals surface area contributed by atoms with E-state index in [2.05, 4.69) is 10.5 Å². The molecule has 1 N–H and O–H groups in total. The lowest BCUT2D eigenvalue weighted by Gasteiger charge is -2.08. The summed E-state index contributed by atoms with van der Waals surface area (Å²) in [6.07, 6.45) is 0. The van der Waals surface area contributed by atoms with Crippen molar-refractivity contribution in [2.75, 3.05) is 14.2 Å². The lowest BCUT2D eigenvalue weighted by Crippen LogP contribution is -2.23. The number of carbonyl (C=O) groups excluding carboxylic acids is 1. The van der Waals surface area contributed by atoms with Gasteiger partial charge >= 0.3 is 0 Å². The number of benzene rings is 2. The van der Waals surface area contributed by atoms with Crippen molar-refractivity contribution in [2.24, 2.45) is 0 Å². The SMILES string of the molecule is COc1ccc(OCc2cc(C(=O)NCc3ccccc3OC)no2)c(Cl)c1. The second-order valence-corrected chi connectivity index (χ2v) is 6.17. The summed E-state index contributed by atoms with van der Waals surface area (Å²) in [7, 11) is 3.14. The van der Waals surface area contributed by atoms with Gasteiger partial charge in [-0.1, -0.05) is 35.0 Å². The lowest BCUT2D eigenvalue weighted by atomic mass is 10.2. The molecule has 0 saturated heterocycles. The molecule has 0 fully saturated rings. The number of hydrogen-bond acceptors (Lipinski definition) is 6. The summed E-state index contributed by atoms with van der Waals surface area (Å²) >= 11 is 6.13. The molecule has 28 heavy (non-hydrogen) atoms. The highest BCUT2D eigenvalue weighted by Crippen LogP contribution is 2.29. The summed E-state index contributed by atoms with van der Waals surface area (Å²) in [5, 5.41) is 6.97. The van der Waals surface area contributed by atoms with Gasteiger partial charge in [0.2, 0.25) is 0 Å². The van der Waals surface area contributed by atoms with Crippen LogP contribution >= 0.6 is 11.6 Å². The van der Waals surface area contributed by atoms with Crippen LogP contribution in [0.15, 0.2) is 53.1 Å². The molecular formula is C20H19ClN2O5. The number of nitrogens with zero attached hydrogens (tertiary/aromatic N) is 1. The number of methoxy groups -OCH3 is 2. The number of halogens is 1. The quantitative estimate of drug-likeness (QED) is 0.616. The molecule has 2 aromatic carbocycles. The Balaban J connectivity index is 1.56. The minimum absolute atomic E-state index is 0.0822. The summed E-state index contributed by atoms with van der Waals surface area (Å²) in [6, 6.07) is 14.0. The van der Waals surface area contributed by atoms with Crippen molar-refractivity contribution in [3.05, 3.63) is 70.6 Å². The minimum atomic E-state index is -0.358. The third-order valence-electron chi connectivity index (χ3n) is 3.93. The smallest absolute Gasteiger partial charge is 0.273 e. The topological polar surface area (TPSA) is 82.8 Å². The predicted molar refractivity (Wildman–Crippen MR) is 103 cm³/mol. The molecule has 0 saturated carbocycles. The van der Waals surface area contributed by atoms with Crippen molar-refractivity contribution in [1.29, 1.82) is 0 Å². The Hall–Kier alpha value is -3.19. The van der Waals surface area contributed by atoms with Gasteiger partial charge in [-0.05, 0) is 18.2 Å². The highest BCUT2D eigenvalue weighted by atomic mass is 35.5. The molecule has 1 amide bonds. The summed E-state index contributed by atoms with van der Waals surface area (Å²) < 4.78 is 21.1. The molecule has 0 aliphatic rings. The van der Waals surface area contributed by atoms with Crippen molar-refractivity contribution in [1.82, 2.24) is 10.5 Å². The van der Waals surface area contributed by atoms with Crippen LogP contribution in [0.5, 0.6) is 17.2 Å². The van der Waals surface area contributed by atoms with Gasteiger partial charge in [-0.3, -0.25) is 4.79 Å². The molecule has 146 valence electrons. The van der Waals surface area contributed by atoms with Crippen molar-refractivity contribution in [3.63, 3.8) is 0 Å². The third kappa shape index (κ3) is 4.75. The molecule has 8 heteroatoms. The Bertz CT molecular complexity index is 957. The molecule has 7 nitrogen and oxygen atoms in total. The first kappa shape index (κ1) is 19.6. The molecule has 0 radical (unpaired) electrons. The fourth-order valence-electron chi connectivity index (χ4n) is 2.48. The summed E-state index contributed by atoms with van der Waals surface area (Å²) in [5.41, 5.74) is 1.02. The van der Waals surface area contributed by atoms with Gasteiger partial charge in [0.15, 0.2) is 11.5 Å². The standard InChI is InChI=1S/C20H19ClN2O5/c1-25-14-7-8-19(16(21)9-14)27-12-15-10-17(23-28-15)20(24)22-11-13-5-3-4-6-18(13)26-2/h3-10H,11-12H2,1-2H3,(H,22,24). The number of amides is 1. The Kier molecular flexibility index (Phi) is 6.39. The first-order valence-corrected chi connectivity index (χ1v) is 8.80. The monoisotopic (exact) mass is 402 g/mol. The summed E-state index contributed by atoms with van der Waals surface area (Å²) in [5.74, 6) is 1.85. The molecule has 0 spiro atoms.